The van der Waals surface area contributed by atoms with E-state index >= 15 is 0 Å². The predicted molar refractivity (Wildman–Crippen MR) is 103 cm³/mol. The number of aryl methyl sites for hydroxylation is 1. The van der Waals surface area contributed by atoms with Crippen LogP contribution in [0.1, 0.15) is 12.7 Å². The molecule has 28 heavy (non-hydrogen) atoms. The summed E-state index contributed by atoms with van der Waals surface area (Å²) in [4.78, 5) is 37.1. The number of aromatic nitrogens is 1. The fourth-order valence-corrected chi connectivity index (χ4v) is 2.83. The number of carbonyl (C=O) groups is 3. The minimum Gasteiger partial charge on any atom is -0.455 e. The SMILES string of the molecule is CCN(C(=O)COC(=O)CSCC(=O)Nc1cc(C)on1)c1ccc(F)cc1. The van der Waals surface area contributed by atoms with Crippen LogP contribution in [0.5, 0.6) is 0 Å². The number of esters is 1. The van der Waals surface area contributed by atoms with E-state index in [0.29, 0.717) is 23.8 Å². The van der Waals surface area contributed by atoms with Gasteiger partial charge in [-0.3, -0.25) is 14.4 Å². The van der Waals surface area contributed by atoms with Gasteiger partial charge in [0.1, 0.15) is 11.6 Å². The highest BCUT2D eigenvalue weighted by molar-refractivity contribution is 8.00. The Balaban J connectivity index is 1.70. The van der Waals surface area contributed by atoms with E-state index in [9.17, 15) is 18.8 Å². The van der Waals surface area contributed by atoms with Crippen LogP contribution >= 0.6 is 11.8 Å². The number of nitrogens with zero attached hydrogens (tertiary/aromatic N) is 2. The molecule has 8 nitrogen and oxygen atoms in total. The van der Waals surface area contributed by atoms with E-state index in [1.807, 2.05) is 0 Å². The normalized spacial score (nSPS) is 10.4. The second-order valence-corrected chi connectivity index (χ2v) is 6.62. The van der Waals surface area contributed by atoms with Crippen molar-refractivity contribution in [3.8, 4) is 0 Å². The number of likely N-dealkylation sites (N-methyl/N-ethyl adjacent to an activating group) is 1. The van der Waals surface area contributed by atoms with Gasteiger partial charge >= 0.3 is 5.97 Å². The number of halogens is 1. The third-order valence-corrected chi connectivity index (χ3v) is 4.37. The Morgan fingerprint density at radius 2 is 1.96 bits per heavy atom. The minimum atomic E-state index is -0.612. The van der Waals surface area contributed by atoms with E-state index in [0.717, 1.165) is 11.8 Å². The first-order valence-electron chi connectivity index (χ1n) is 8.41. The summed E-state index contributed by atoms with van der Waals surface area (Å²) in [7, 11) is 0. The molecule has 1 N–H and O–H groups in total. The molecule has 0 spiro atoms. The molecule has 0 radical (unpaired) electrons. The number of ether oxygens (including phenoxy) is 1. The molecular formula is C18H20FN3O5S. The van der Waals surface area contributed by atoms with Crippen LogP contribution in [0.15, 0.2) is 34.9 Å². The summed E-state index contributed by atoms with van der Waals surface area (Å²) in [6, 6.07) is 7.02. The molecule has 150 valence electrons. The number of hydrogen-bond acceptors (Lipinski definition) is 7. The zero-order valence-electron chi connectivity index (χ0n) is 15.4. The Kier molecular flexibility index (Phi) is 8.00. The molecule has 0 aliphatic rings. The summed E-state index contributed by atoms with van der Waals surface area (Å²) < 4.78 is 22.8. The fourth-order valence-electron chi connectivity index (χ4n) is 2.22. The first kappa shape index (κ1) is 21.4. The lowest BCUT2D eigenvalue weighted by Gasteiger charge is -2.20. The van der Waals surface area contributed by atoms with Gasteiger partial charge in [0.25, 0.3) is 5.91 Å². The number of anilines is 2. The predicted octanol–water partition coefficient (Wildman–Crippen LogP) is 2.39. The molecular weight excluding hydrogens is 389 g/mol. The van der Waals surface area contributed by atoms with Crippen molar-refractivity contribution >= 4 is 41.1 Å². The molecule has 1 aromatic heterocycles. The van der Waals surface area contributed by atoms with E-state index in [1.165, 1.54) is 29.2 Å². The van der Waals surface area contributed by atoms with Gasteiger partial charge in [-0.25, -0.2) is 4.39 Å². The fraction of sp³-hybridized carbons (Fsp3) is 0.333. The third-order valence-electron chi connectivity index (χ3n) is 3.46. The molecule has 0 saturated carbocycles. The molecule has 0 aliphatic heterocycles. The minimum absolute atomic E-state index is 0.0195. The van der Waals surface area contributed by atoms with Gasteiger partial charge in [0.15, 0.2) is 12.4 Å². The van der Waals surface area contributed by atoms with E-state index < -0.39 is 24.3 Å². The summed E-state index contributed by atoms with van der Waals surface area (Å²) in [6.45, 7) is 3.37. The van der Waals surface area contributed by atoms with Gasteiger partial charge in [-0.1, -0.05) is 5.16 Å². The highest BCUT2D eigenvalue weighted by Crippen LogP contribution is 2.15. The van der Waals surface area contributed by atoms with Crippen LogP contribution in [-0.2, 0) is 19.1 Å². The maximum atomic E-state index is 13.0. The molecule has 0 atom stereocenters. The molecule has 2 aromatic rings. The van der Waals surface area contributed by atoms with Crippen LogP contribution in [0, 0.1) is 12.7 Å². The molecule has 0 bridgehead atoms. The van der Waals surface area contributed by atoms with Crippen LogP contribution < -0.4 is 10.2 Å². The summed E-state index contributed by atoms with van der Waals surface area (Å²) in [6.07, 6.45) is 0. The largest absolute Gasteiger partial charge is 0.455 e. The second kappa shape index (κ2) is 10.5. The number of benzene rings is 1. The average Bonchev–Trinajstić information content (AvgIpc) is 3.06. The quantitative estimate of drug-likeness (QED) is 0.635. The number of rotatable bonds is 9. The summed E-state index contributed by atoms with van der Waals surface area (Å²) >= 11 is 1.05. The Labute approximate surface area is 165 Å². The van der Waals surface area contributed by atoms with E-state index in [1.54, 1.807) is 19.9 Å². The average molecular weight is 409 g/mol. The second-order valence-electron chi connectivity index (χ2n) is 5.64. The molecule has 10 heteroatoms. The number of nitrogens with one attached hydrogen (secondary N) is 1. The van der Waals surface area contributed by atoms with Crippen LogP contribution in [0.2, 0.25) is 0 Å². The molecule has 1 heterocycles. The molecule has 0 unspecified atom stereocenters. The third kappa shape index (κ3) is 6.69. The van der Waals surface area contributed by atoms with Crippen molar-refractivity contribution in [2.24, 2.45) is 0 Å². The Bertz CT molecular complexity index is 825. The zero-order chi connectivity index (χ0) is 20.5. The summed E-state index contributed by atoms with van der Waals surface area (Å²) in [5.74, 6) is -0.971. The van der Waals surface area contributed by atoms with Gasteiger partial charge in [0.2, 0.25) is 5.91 Å². The van der Waals surface area contributed by atoms with Gasteiger partial charge in [0, 0.05) is 18.3 Å². The van der Waals surface area contributed by atoms with Gasteiger partial charge in [0.05, 0.1) is 11.5 Å². The number of amides is 2. The lowest BCUT2D eigenvalue weighted by atomic mass is 10.2. The zero-order valence-corrected chi connectivity index (χ0v) is 16.3. The van der Waals surface area contributed by atoms with Crippen molar-refractivity contribution in [3.05, 3.63) is 41.9 Å². The maximum absolute atomic E-state index is 13.0. The van der Waals surface area contributed by atoms with Crippen molar-refractivity contribution < 1.29 is 28.0 Å². The molecule has 0 aliphatic carbocycles. The Morgan fingerprint density at radius 1 is 1.25 bits per heavy atom. The summed E-state index contributed by atoms with van der Waals surface area (Å²) in [5, 5.41) is 6.16. The molecule has 2 rings (SSSR count). The summed E-state index contributed by atoms with van der Waals surface area (Å²) in [5.41, 5.74) is 0.513. The standard InChI is InChI=1S/C18H20FN3O5S/c1-3-22(14-6-4-13(19)5-7-14)17(24)9-26-18(25)11-28-10-16(23)20-15-8-12(2)27-21-15/h4-8H,3,9-11H2,1-2H3,(H,20,21,23). The van der Waals surface area contributed by atoms with Crippen LogP contribution in [0.25, 0.3) is 0 Å². The number of hydrogen-bond donors (Lipinski definition) is 1. The van der Waals surface area contributed by atoms with Gasteiger partial charge < -0.3 is 19.5 Å². The van der Waals surface area contributed by atoms with Gasteiger partial charge in [-0.05, 0) is 38.1 Å². The lowest BCUT2D eigenvalue weighted by Crippen LogP contribution is -2.34. The Morgan fingerprint density at radius 3 is 2.57 bits per heavy atom. The van der Waals surface area contributed by atoms with Crippen LogP contribution in [0.4, 0.5) is 15.9 Å². The van der Waals surface area contributed by atoms with Crippen molar-refractivity contribution in [3.63, 3.8) is 0 Å². The molecule has 1 aromatic carbocycles. The number of carbonyl (C=O) groups excluding carboxylic acids is 3. The molecule has 2 amide bonds. The topological polar surface area (TPSA) is 102 Å². The molecule has 0 saturated heterocycles. The van der Waals surface area contributed by atoms with Crippen molar-refractivity contribution in [2.45, 2.75) is 13.8 Å². The smallest absolute Gasteiger partial charge is 0.316 e. The van der Waals surface area contributed by atoms with E-state index in [4.69, 9.17) is 9.26 Å². The maximum Gasteiger partial charge on any atom is 0.316 e. The molecule has 0 fully saturated rings. The van der Waals surface area contributed by atoms with E-state index in [2.05, 4.69) is 10.5 Å². The highest BCUT2D eigenvalue weighted by atomic mass is 32.2. The first-order chi connectivity index (χ1) is 13.4. The van der Waals surface area contributed by atoms with Gasteiger partial charge in [-0.2, -0.15) is 0 Å². The first-order valence-corrected chi connectivity index (χ1v) is 9.57. The van der Waals surface area contributed by atoms with E-state index in [-0.39, 0.29) is 17.4 Å². The van der Waals surface area contributed by atoms with Crippen LogP contribution in [-0.4, -0.2) is 47.6 Å². The monoisotopic (exact) mass is 409 g/mol. The Hall–Kier alpha value is -2.88. The van der Waals surface area contributed by atoms with Crippen LogP contribution in [0.3, 0.4) is 0 Å². The number of thioether (sulfide) groups is 1. The van der Waals surface area contributed by atoms with Gasteiger partial charge in [-0.15, -0.1) is 11.8 Å². The van der Waals surface area contributed by atoms with Crippen molar-refractivity contribution in [1.29, 1.82) is 0 Å². The van der Waals surface area contributed by atoms with Crippen molar-refractivity contribution in [2.75, 3.05) is 34.9 Å². The van der Waals surface area contributed by atoms with Crippen molar-refractivity contribution in [1.82, 2.24) is 5.16 Å². The lowest BCUT2D eigenvalue weighted by molar-refractivity contribution is -0.145. The highest BCUT2D eigenvalue weighted by Gasteiger charge is 2.16.